The van der Waals surface area contributed by atoms with Gasteiger partial charge in [-0.3, -0.25) is 15.1 Å². The van der Waals surface area contributed by atoms with Crippen molar-refractivity contribution >= 4 is 23.1 Å². The molecule has 0 aliphatic carbocycles. The Morgan fingerprint density at radius 2 is 2.10 bits per heavy atom. The van der Waals surface area contributed by atoms with Gasteiger partial charge in [-0.25, -0.2) is 9.97 Å². The van der Waals surface area contributed by atoms with Gasteiger partial charge in [-0.05, 0) is 17.7 Å². The lowest BCUT2D eigenvalue weighted by atomic mass is 10.3. The first-order valence-electron chi connectivity index (χ1n) is 5.94. The van der Waals surface area contributed by atoms with Crippen LogP contribution < -0.4 is 5.32 Å². The molecule has 2 aromatic heterocycles. The predicted octanol–water partition coefficient (Wildman–Crippen LogP) is 2.19. The summed E-state index contributed by atoms with van der Waals surface area (Å²) in [5, 5.41) is 13.8. The van der Waals surface area contributed by atoms with Gasteiger partial charge in [0, 0.05) is 26.0 Å². The maximum absolute atomic E-state index is 11.1. The van der Waals surface area contributed by atoms with Crippen molar-refractivity contribution in [3.8, 4) is 0 Å². The van der Waals surface area contributed by atoms with Gasteiger partial charge in [0.2, 0.25) is 11.0 Å². The smallest absolute Gasteiger partial charge is 0.348 e. The topological polar surface area (TPSA) is 103 Å². The van der Waals surface area contributed by atoms with E-state index in [9.17, 15) is 10.1 Å². The number of nitrogens with one attached hydrogen (secondary N) is 1. The normalized spacial score (nSPS) is 10.4. The molecule has 110 valence electrons. The predicted molar refractivity (Wildman–Crippen MR) is 76.0 cm³/mol. The minimum absolute atomic E-state index is 0.0591. The fourth-order valence-electron chi connectivity index (χ4n) is 1.64. The Hall–Kier alpha value is -2.32. The van der Waals surface area contributed by atoms with Crippen LogP contribution >= 0.6 is 11.6 Å². The molecule has 21 heavy (non-hydrogen) atoms. The Morgan fingerprint density at radius 3 is 2.71 bits per heavy atom. The van der Waals surface area contributed by atoms with E-state index in [1.165, 1.54) is 7.11 Å². The lowest BCUT2D eigenvalue weighted by Gasteiger charge is -2.08. The number of pyridine rings is 1. The molecule has 0 amide bonds. The maximum atomic E-state index is 11.1. The molecule has 0 saturated carbocycles. The second-order valence-electron chi connectivity index (χ2n) is 4.03. The summed E-state index contributed by atoms with van der Waals surface area (Å²) in [7, 11) is 1.47. The fourth-order valence-corrected chi connectivity index (χ4v) is 1.89. The highest BCUT2D eigenvalue weighted by atomic mass is 35.5. The van der Waals surface area contributed by atoms with E-state index in [4.69, 9.17) is 16.3 Å². The quantitative estimate of drug-likeness (QED) is 0.495. The average Bonchev–Trinajstić information content (AvgIpc) is 2.45. The van der Waals surface area contributed by atoms with Crippen LogP contribution in [0.2, 0.25) is 5.15 Å². The summed E-state index contributed by atoms with van der Waals surface area (Å²) < 4.78 is 4.91. The third-order valence-electron chi connectivity index (χ3n) is 2.55. The van der Waals surface area contributed by atoms with E-state index in [1.807, 2.05) is 0 Å². The molecule has 2 aromatic rings. The SMILES string of the molecule is COCc1nc(Cl)c([N+](=O)[O-])c(NCc2ccncc2)n1. The Kier molecular flexibility index (Phi) is 4.96. The highest BCUT2D eigenvalue weighted by molar-refractivity contribution is 6.31. The summed E-state index contributed by atoms with van der Waals surface area (Å²) in [6.07, 6.45) is 3.27. The van der Waals surface area contributed by atoms with Gasteiger partial charge in [0.1, 0.15) is 6.61 Å². The minimum atomic E-state index is -0.617. The van der Waals surface area contributed by atoms with Crippen LogP contribution in [0.25, 0.3) is 0 Å². The molecule has 0 aromatic carbocycles. The zero-order valence-electron chi connectivity index (χ0n) is 11.1. The average molecular weight is 310 g/mol. The van der Waals surface area contributed by atoms with Crippen LogP contribution in [0.4, 0.5) is 11.5 Å². The van der Waals surface area contributed by atoms with Crippen molar-refractivity contribution in [1.29, 1.82) is 0 Å². The third kappa shape index (κ3) is 3.83. The van der Waals surface area contributed by atoms with Gasteiger partial charge in [0.25, 0.3) is 0 Å². The molecular weight excluding hydrogens is 298 g/mol. The second kappa shape index (κ2) is 6.91. The number of anilines is 1. The first-order chi connectivity index (χ1) is 10.1. The van der Waals surface area contributed by atoms with Crippen LogP contribution in [-0.4, -0.2) is 27.0 Å². The summed E-state index contributed by atoms with van der Waals surface area (Å²) in [5.74, 6) is 0.328. The molecule has 0 saturated heterocycles. The number of hydrogen-bond donors (Lipinski definition) is 1. The molecule has 0 spiro atoms. The molecule has 0 bridgehead atoms. The molecule has 0 unspecified atom stereocenters. The molecule has 0 fully saturated rings. The summed E-state index contributed by atoms with van der Waals surface area (Å²) >= 11 is 5.85. The van der Waals surface area contributed by atoms with Crippen molar-refractivity contribution in [2.24, 2.45) is 0 Å². The van der Waals surface area contributed by atoms with Gasteiger partial charge in [-0.15, -0.1) is 0 Å². The highest BCUT2D eigenvalue weighted by Crippen LogP contribution is 2.29. The number of rotatable bonds is 6. The highest BCUT2D eigenvalue weighted by Gasteiger charge is 2.23. The number of aromatic nitrogens is 3. The maximum Gasteiger partial charge on any atom is 0.348 e. The monoisotopic (exact) mass is 309 g/mol. The summed E-state index contributed by atoms with van der Waals surface area (Å²) in [4.78, 5) is 22.3. The van der Waals surface area contributed by atoms with Crippen molar-refractivity contribution in [2.45, 2.75) is 13.2 Å². The number of nitrogens with zero attached hydrogens (tertiary/aromatic N) is 4. The van der Waals surface area contributed by atoms with Gasteiger partial charge in [0.05, 0.1) is 4.92 Å². The van der Waals surface area contributed by atoms with Crippen LogP contribution in [0.3, 0.4) is 0 Å². The van der Waals surface area contributed by atoms with E-state index in [1.54, 1.807) is 24.5 Å². The van der Waals surface area contributed by atoms with Crippen molar-refractivity contribution in [3.63, 3.8) is 0 Å². The number of methoxy groups -OCH3 is 1. The van der Waals surface area contributed by atoms with E-state index in [0.717, 1.165) is 5.56 Å². The van der Waals surface area contributed by atoms with E-state index >= 15 is 0 Å². The standard InChI is InChI=1S/C12H12ClN5O3/c1-21-7-9-16-11(13)10(18(19)20)12(17-9)15-6-8-2-4-14-5-3-8/h2-5H,6-7H2,1H3,(H,15,16,17). The van der Waals surface area contributed by atoms with E-state index in [-0.39, 0.29) is 29.1 Å². The van der Waals surface area contributed by atoms with Gasteiger partial charge >= 0.3 is 5.69 Å². The summed E-state index contributed by atoms with van der Waals surface area (Å²) in [6, 6.07) is 3.58. The first kappa shape index (κ1) is 15.1. The fraction of sp³-hybridized carbons (Fsp3) is 0.250. The van der Waals surface area contributed by atoms with Crippen molar-refractivity contribution in [3.05, 3.63) is 51.2 Å². The summed E-state index contributed by atoms with van der Waals surface area (Å²) in [6.45, 7) is 0.463. The van der Waals surface area contributed by atoms with Gasteiger partial charge < -0.3 is 10.1 Å². The number of nitro groups is 1. The zero-order chi connectivity index (χ0) is 15.2. The number of hydrogen-bond acceptors (Lipinski definition) is 7. The zero-order valence-corrected chi connectivity index (χ0v) is 11.9. The van der Waals surface area contributed by atoms with Crippen molar-refractivity contribution in [1.82, 2.24) is 15.0 Å². The molecule has 0 atom stereocenters. The van der Waals surface area contributed by atoms with Crippen LogP contribution in [0, 0.1) is 10.1 Å². The molecule has 0 aliphatic heterocycles. The van der Waals surface area contributed by atoms with Gasteiger partial charge in [0.15, 0.2) is 5.82 Å². The minimum Gasteiger partial charge on any atom is -0.377 e. The van der Waals surface area contributed by atoms with Crippen LogP contribution in [0.5, 0.6) is 0 Å². The van der Waals surface area contributed by atoms with Crippen molar-refractivity contribution in [2.75, 3.05) is 12.4 Å². The molecule has 8 nitrogen and oxygen atoms in total. The lowest BCUT2D eigenvalue weighted by molar-refractivity contribution is -0.384. The largest absolute Gasteiger partial charge is 0.377 e. The van der Waals surface area contributed by atoms with E-state index < -0.39 is 4.92 Å². The Labute approximate surface area is 125 Å². The lowest BCUT2D eigenvalue weighted by Crippen LogP contribution is -2.09. The molecule has 1 N–H and O–H groups in total. The van der Waals surface area contributed by atoms with Gasteiger partial charge in [-0.2, -0.15) is 0 Å². The van der Waals surface area contributed by atoms with Crippen molar-refractivity contribution < 1.29 is 9.66 Å². The Bertz CT molecular complexity index is 638. The second-order valence-corrected chi connectivity index (χ2v) is 4.39. The van der Waals surface area contributed by atoms with Crippen LogP contribution in [0.1, 0.15) is 11.4 Å². The van der Waals surface area contributed by atoms with E-state index in [2.05, 4.69) is 20.3 Å². The first-order valence-corrected chi connectivity index (χ1v) is 6.32. The Balaban J connectivity index is 2.28. The third-order valence-corrected chi connectivity index (χ3v) is 2.82. The number of halogens is 1. The molecule has 2 rings (SSSR count). The molecule has 0 aliphatic rings. The van der Waals surface area contributed by atoms with Gasteiger partial charge in [-0.1, -0.05) is 11.6 Å². The molecular formula is C12H12ClN5O3. The molecule has 2 heterocycles. The molecule has 0 radical (unpaired) electrons. The van der Waals surface area contributed by atoms with Crippen LogP contribution in [-0.2, 0) is 17.9 Å². The number of ether oxygens (including phenoxy) is 1. The molecule has 9 heteroatoms. The van der Waals surface area contributed by atoms with Crippen LogP contribution in [0.15, 0.2) is 24.5 Å². The Morgan fingerprint density at radius 1 is 1.38 bits per heavy atom. The van der Waals surface area contributed by atoms with E-state index in [0.29, 0.717) is 6.54 Å². The summed E-state index contributed by atoms with van der Waals surface area (Å²) in [5.41, 5.74) is 0.549.